The molecule has 56 valence electrons. The summed E-state index contributed by atoms with van der Waals surface area (Å²) in [5, 5.41) is 0. The van der Waals surface area contributed by atoms with E-state index < -0.39 is 0 Å². The van der Waals surface area contributed by atoms with E-state index >= 15 is 0 Å². The summed E-state index contributed by atoms with van der Waals surface area (Å²) in [5.41, 5.74) is 0.485. The van der Waals surface area contributed by atoms with E-state index in [1.807, 2.05) is 0 Å². The van der Waals surface area contributed by atoms with Crippen molar-refractivity contribution in [1.82, 2.24) is 4.90 Å². The van der Waals surface area contributed by atoms with Crippen LogP contribution in [0.4, 0.5) is 0 Å². The second kappa shape index (κ2) is 1.74. The van der Waals surface area contributed by atoms with Crippen LogP contribution in [0.2, 0.25) is 0 Å². The Morgan fingerprint density at radius 2 is 2.30 bits per heavy atom. The monoisotopic (exact) mass is 138 g/mol. The van der Waals surface area contributed by atoms with Crippen LogP contribution in [0, 0.1) is 5.41 Å². The maximum Gasteiger partial charge on any atom is 0.0996 e. The van der Waals surface area contributed by atoms with E-state index in [9.17, 15) is 0 Å². The maximum absolute atomic E-state index is 4.44. The summed E-state index contributed by atoms with van der Waals surface area (Å²) < 4.78 is 0. The Balaban J connectivity index is 2.19. The number of amidine groups is 1. The highest BCUT2D eigenvalue weighted by Crippen LogP contribution is 2.32. The quantitative estimate of drug-likeness (QED) is 0.490. The lowest BCUT2D eigenvalue weighted by Crippen LogP contribution is -2.24. The molecular weight excluding hydrogens is 124 g/mol. The van der Waals surface area contributed by atoms with Gasteiger partial charge in [0.1, 0.15) is 0 Å². The van der Waals surface area contributed by atoms with E-state index in [2.05, 4.69) is 23.7 Å². The Morgan fingerprint density at radius 1 is 1.50 bits per heavy atom. The average molecular weight is 138 g/mol. The fourth-order valence-electron chi connectivity index (χ4n) is 1.87. The van der Waals surface area contributed by atoms with Gasteiger partial charge in [0, 0.05) is 19.5 Å². The molecule has 10 heavy (non-hydrogen) atoms. The lowest BCUT2D eigenvalue weighted by Gasteiger charge is -2.17. The van der Waals surface area contributed by atoms with Gasteiger partial charge in [-0.05, 0) is 5.41 Å². The van der Waals surface area contributed by atoms with E-state index in [1.165, 1.54) is 25.3 Å². The Morgan fingerprint density at radius 3 is 3.00 bits per heavy atom. The van der Waals surface area contributed by atoms with Gasteiger partial charge in [0.05, 0.1) is 12.4 Å². The normalized spacial score (nSPS) is 28.6. The molecule has 0 bridgehead atoms. The molecule has 0 N–H and O–H groups in total. The molecule has 0 atom stereocenters. The first-order valence-electron chi connectivity index (χ1n) is 3.96. The molecule has 0 aromatic carbocycles. The van der Waals surface area contributed by atoms with Crippen molar-refractivity contribution in [1.29, 1.82) is 0 Å². The van der Waals surface area contributed by atoms with Gasteiger partial charge in [0.25, 0.3) is 0 Å². The molecular formula is C8H14N2. The first-order chi connectivity index (χ1) is 4.67. The highest BCUT2D eigenvalue weighted by molar-refractivity contribution is 5.86. The standard InChI is InChI=1S/C8H14N2/c1-8(2)5-7-9-3-4-10(7)6-8/h3-6H2,1-2H3. The number of nitrogens with zero attached hydrogens (tertiary/aromatic N) is 2. The Bertz CT molecular complexity index is 182. The van der Waals surface area contributed by atoms with Crippen molar-refractivity contribution >= 4 is 5.84 Å². The highest BCUT2D eigenvalue weighted by Gasteiger charge is 2.35. The molecule has 0 aromatic heterocycles. The zero-order valence-electron chi connectivity index (χ0n) is 6.72. The van der Waals surface area contributed by atoms with Gasteiger partial charge in [-0.15, -0.1) is 0 Å². The van der Waals surface area contributed by atoms with Crippen molar-refractivity contribution in [3.05, 3.63) is 0 Å². The smallest absolute Gasteiger partial charge is 0.0996 e. The summed E-state index contributed by atoms with van der Waals surface area (Å²) in [7, 11) is 0. The largest absolute Gasteiger partial charge is 0.358 e. The van der Waals surface area contributed by atoms with Crippen molar-refractivity contribution in [3.8, 4) is 0 Å². The van der Waals surface area contributed by atoms with Gasteiger partial charge in [-0.1, -0.05) is 13.8 Å². The van der Waals surface area contributed by atoms with E-state index in [0.717, 1.165) is 6.54 Å². The second-order valence-corrected chi connectivity index (χ2v) is 4.06. The van der Waals surface area contributed by atoms with Gasteiger partial charge in [-0.25, -0.2) is 0 Å². The molecule has 2 heteroatoms. The number of fused-ring (bicyclic) bond motifs is 1. The predicted molar refractivity (Wildman–Crippen MR) is 42.3 cm³/mol. The van der Waals surface area contributed by atoms with E-state index in [-0.39, 0.29) is 0 Å². The van der Waals surface area contributed by atoms with Crippen molar-refractivity contribution in [2.45, 2.75) is 20.3 Å². The third-order valence-electron chi connectivity index (χ3n) is 2.28. The molecule has 0 aliphatic carbocycles. The third-order valence-corrected chi connectivity index (χ3v) is 2.28. The molecule has 1 saturated heterocycles. The molecule has 2 nitrogen and oxygen atoms in total. The Kier molecular flexibility index (Phi) is 1.08. The van der Waals surface area contributed by atoms with Crippen LogP contribution >= 0.6 is 0 Å². The minimum atomic E-state index is 0.485. The number of hydrogen-bond donors (Lipinski definition) is 0. The van der Waals surface area contributed by atoms with Gasteiger partial charge in [-0.2, -0.15) is 0 Å². The van der Waals surface area contributed by atoms with Crippen LogP contribution in [-0.2, 0) is 0 Å². The minimum absolute atomic E-state index is 0.485. The Labute approximate surface area is 61.9 Å². The molecule has 0 spiro atoms. The molecule has 2 aliphatic heterocycles. The van der Waals surface area contributed by atoms with Crippen molar-refractivity contribution in [2.75, 3.05) is 19.6 Å². The molecule has 2 rings (SSSR count). The Hall–Kier alpha value is -0.530. The lowest BCUT2D eigenvalue weighted by molar-refractivity contribution is 0.330. The molecule has 0 unspecified atom stereocenters. The van der Waals surface area contributed by atoms with Gasteiger partial charge >= 0.3 is 0 Å². The zero-order chi connectivity index (χ0) is 7.19. The molecule has 2 heterocycles. The molecule has 0 saturated carbocycles. The van der Waals surface area contributed by atoms with Crippen molar-refractivity contribution < 1.29 is 0 Å². The van der Waals surface area contributed by atoms with Gasteiger partial charge in [0.15, 0.2) is 0 Å². The van der Waals surface area contributed by atoms with E-state index in [1.54, 1.807) is 0 Å². The fraction of sp³-hybridized carbons (Fsp3) is 0.875. The van der Waals surface area contributed by atoms with Crippen LogP contribution in [0.5, 0.6) is 0 Å². The summed E-state index contributed by atoms with van der Waals surface area (Å²) >= 11 is 0. The topological polar surface area (TPSA) is 15.6 Å². The molecule has 0 amide bonds. The van der Waals surface area contributed by atoms with E-state index in [4.69, 9.17) is 0 Å². The second-order valence-electron chi connectivity index (χ2n) is 4.06. The minimum Gasteiger partial charge on any atom is -0.358 e. The van der Waals surface area contributed by atoms with Crippen LogP contribution in [0.25, 0.3) is 0 Å². The highest BCUT2D eigenvalue weighted by atomic mass is 15.3. The summed E-state index contributed by atoms with van der Waals surface area (Å²) in [5.74, 6) is 1.35. The van der Waals surface area contributed by atoms with Crippen LogP contribution in [-0.4, -0.2) is 30.4 Å². The van der Waals surface area contributed by atoms with Gasteiger partial charge < -0.3 is 4.90 Å². The average Bonchev–Trinajstić information content (AvgIpc) is 2.20. The summed E-state index contributed by atoms with van der Waals surface area (Å²) in [6, 6.07) is 0. The van der Waals surface area contributed by atoms with Crippen LogP contribution < -0.4 is 0 Å². The predicted octanol–water partition coefficient (Wildman–Crippen LogP) is 1.13. The fourth-order valence-corrected chi connectivity index (χ4v) is 1.87. The van der Waals surface area contributed by atoms with Gasteiger partial charge in [0.2, 0.25) is 0 Å². The first-order valence-corrected chi connectivity index (χ1v) is 3.96. The van der Waals surface area contributed by atoms with E-state index in [0.29, 0.717) is 5.41 Å². The van der Waals surface area contributed by atoms with Crippen molar-refractivity contribution in [3.63, 3.8) is 0 Å². The summed E-state index contributed by atoms with van der Waals surface area (Å²) in [4.78, 5) is 6.85. The summed E-state index contributed by atoms with van der Waals surface area (Å²) in [6.45, 7) is 8.04. The first kappa shape index (κ1) is 6.20. The molecule has 0 radical (unpaired) electrons. The third kappa shape index (κ3) is 0.825. The van der Waals surface area contributed by atoms with Crippen molar-refractivity contribution in [2.24, 2.45) is 10.4 Å². The molecule has 1 fully saturated rings. The summed E-state index contributed by atoms with van der Waals surface area (Å²) in [6.07, 6.45) is 1.19. The van der Waals surface area contributed by atoms with Crippen LogP contribution in [0.1, 0.15) is 20.3 Å². The number of aliphatic imine (C=N–C) groups is 1. The SMILES string of the molecule is CC1(C)CC2=NCCN2C1. The lowest BCUT2D eigenvalue weighted by atomic mass is 9.93. The molecule has 0 aromatic rings. The zero-order valence-corrected chi connectivity index (χ0v) is 6.72. The maximum atomic E-state index is 4.44. The molecule has 2 aliphatic rings. The number of hydrogen-bond acceptors (Lipinski definition) is 2. The van der Waals surface area contributed by atoms with Crippen LogP contribution in [0.3, 0.4) is 0 Å². The van der Waals surface area contributed by atoms with Gasteiger partial charge in [-0.3, -0.25) is 4.99 Å². The number of rotatable bonds is 0. The van der Waals surface area contributed by atoms with Crippen LogP contribution in [0.15, 0.2) is 4.99 Å².